The number of carbonyl (C=O) groups is 2. The molecule has 0 aromatic rings. The van der Waals surface area contributed by atoms with Gasteiger partial charge >= 0.3 is 0 Å². The highest BCUT2D eigenvalue weighted by Crippen LogP contribution is 2.65. The molecule has 2 amide bonds. The molecule has 168 valence electrons. The molecular formula is C26H42N2O2. The lowest BCUT2D eigenvalue weighted by Crippen LogP contribution is -2.60. The first kappa shape index (κ1) is 21.9. The van der Waals surface area contributed by atoms with Gasteiger partial charge in [-0.05, 0) is 80.1 Å². The highest BCUT2D eigenvalue weighted by atomic mass is 16.2. The molecule has 0 saturated heterocycles. The molecule has 7 atom stereocenters. The van der Waals surface area contributed by atoms with Gasteiger partial charge in [-0.3, -0.25) is 9.59 Å². The van der Waals surface area contributed by atoms with Crippen LogP contribution in [0.2, 0.25) is 0 Å². The van der Waals surface area contributed by atoms with Crippen molar-refractivity contribution in [1.29, 1.82) is 0 Å². The average molecular weight is 415 g/mol. The van der Waals surface area contributed by atoms with Crippen LogP contribution in [-0.2, 0) is 9.59 Å². The Bertz CT molecular complexity index is 738. The SMILES string of the molecule is CCN1C(=O)C=C[C@]2(C)[C@H]3CC[C@]4(C)[C@@H](C(=O)NCC(C)(C)C)CC[C@H]4[C@@H]3CC[C@@H]12. The summed E-state index contributed by atoms with van der Waals surface area (Å²) in [4.78, 5) is 27.7. The van der Waals surface area contributed by atoms with Crippen LogP contribution < -0.4 is 5.32 Å². The van der Waals surface area contributed by atoms with E-state index in [9.17, 15) is 9.59 Å². The third kappa shape index (κ3) is 3.33. The Labute approximate surface area is 183 Å². The van der Waals surface area contributed by atoms with Crippen LogP contribution in [0.5, 0.6) is 0 Å². The van der Waals surface area contributed by atoms with Crippen LogP contribution in [-0.4, -0.2) is 35.8 Å². The Balaban J connectivity index is 1.55. The lowest BCUT2D eigenvalue weighted by atomic mass is 9.47. The van der Waals surface area contributed by atoms with Crippen LogP contribution in [0, 0.1) is 39.9 Å². The number of hydrogen-bond donors (Lipinski definition) is 1. The zero-order valence-electron chi connectivity index (χ0n) is 20.0. The smallest absolute Gasteiger partial charge is 0.246 e. The van der Waals surface area contributed by atoms with Gasteiger partial charge in [-0.15, -0.1) is 0 Å². The Morgan fingerprint density at radius 1 is 1.13 bits per heavy atom. The Morgan fingerprint density at radius 2 is 1.87 bits per heavy atom. The van der Waals surface area contributed by atoms with Gasteiger partial charge in [0, 0.05) is 30.5 Å². The van der Waals surface area contributed by atoms with Crippen molar-refractivity contribution in [2.45, 2.75) is 86.1 Å². The second-order valence-corrected chi connectivity index (χ2v) is 12.2. The second kappa shape index (κ2) is 7.38. The molecule has 0 spiro atoms. The van der Waals surface area contributed by atoms with E-state index in [4.69, 9.17) is 0 Å². The molecule has 3 saturated carbocycles. The highest BCUT2D eigenvalue weighted by molar-refractivity contribution is 5.89. The molecule has 4 nitrogen and oxygen atoms in total. The maximum absolute atomic E-state index is 13.2. The van der Waals surface area contributed by atoms with Crippen LogP contribution in [0.4, 0.5) is 0 Å². The van der Waals surface area contributed by atoms with Gasteiger partial charge in [0.2, 0.25) is 11.8 Å². The van der Waals surface area contributed by atoms with Gasteiger partial charge in [-0.2, -0.15) is 0 Å². The van der Waals surface area contributed by atoms with E-state index in [1.165, 1.54) is 19.3 Å². The van der Waals surface area contributed by atoms with Crippen molar-refractivity contribution in [3.8, 4) is 0 Å². The fourth-order valence-corrected chi connectivity index (χ4v) is 7.88. The topological polar surface area (TPSA) is 49.4 Å². The Morgan fingerprint density at radius 3 is 2.53 bits per heavy atom. The van der Waals surface area contributed by atoms with Crippen LogP contribution in [0.15, 0.2) is 12.2 Å². The predicted octanol–water partition coefficient (Wildman–Crippen LogP) is 4.79. The molecule has 1 N–H and O–H groups in total. The third-order valence-electron chi connectivity index (χ3n) is 9.42. The standard InChI is InChI=1S/C26H42N2O2/c1-7-28-21-11-8-17-18-9-10-20(23(30)27-16-24(2,3)4)25(18,5)14-12-19(17)26(21,6)15-13-22(28)29/h13,15,17-21H,7-12,14,16H2,1-6H3,(H,27,30)/t17-,18-,19-,20+,21+,25-,26+/m0/s1. The average Bonchev–Trinajstić information content (AvgIpc) is 3.03. The van der Waals surface area contributed by atoms with Crippen molar-refractivity contribution >= 4 is 11.8 Å². The van der Waals surface area contributed by atoms with Crippen molar-refractivity contribution in [2.75, 3.05) is 13.1 Å². The molecule has 4 rings (SSSR count). The molecule has 30 heavy (non-hydrogen) atoms. The summed E-state index contributed by atoms with van der Waals surface area (Å²) >= 11 is 0. The molecule has 0 bridgehead atoms. The summed E-state index contributed by atoms with van der Waals surface area (Å²) in [6, 6.07) is 0.345. The number of fused-ring (bicyclic) bond motifs is 5. The number of nitrogens with one attached hydrogen (secondary N) is 1. The van der Waals surface area contributed by atoms with E-state index in [1.54, 1.807) is 0 Å². The van der Waals surface area contributed by atoms with E-state index >= 15 is 0 Å². The lowest BCUT2D eigenvalue weighted by Gasteiger charge is -2.60. The summed E-state index contributed by atoms with van der Waals surface area (Å²) in [5, 5.41) is 3.27. The molecule has 3 fully saturated rings. The van der Waals surface area contributed by atoms with Gasteiger partial charge in [0.25, 0.3) is 0 Å². The Kier molecular flexibility index (Phi) is 5.38. The number of hydrogen-bond acceptors (Lipinski definition) is 2. The molecule has 4 heteroatoms. The minimum atomic E-state index is 0.0841. The summed E-state index contributed by atoms with van der Waals surface area (Å²) in [6.07, 6.45) is 11.0. The summed E-state index contributed by atoms with van der Waals surface area (Å²) in [6.45, 7) is 15.0. The summed E-state index contributed by atoms with van der Waals surface area (Å²) in [5.41, 5.74) is 0.334. The predicted molar refractivity (Wildman–Crippen MR) is 121 cm³/mol. The molecule has 0 radical (unpaired) electrons. The van der Waals surface area contributed by atoms with E-state index < -0.39 is 0 Å². The van der Waals surface area contributed by atoms with Gasteiger partial charge in [0.15, 0.2) is 0 Å². The third-order valence-corrected chi connectivity index (χ3v) is 9.42. The lowest BCUT2D eigenvalue weighted by molar-refractivity contribution is -0.144. The van der Waals surface area contributed by atoms with Crippen LogP contribution in [0.1, 0.15) is 80.1 Å². The van der Waals surface area contributed by atoms with E-state index in [0.717, 1.165) is 32.4 Å². The van der Waals surface area contributed by atoms with Gasteiger partial charge in [0.1, 0.15) is 0 Å². The van der Waals surface area contributed by atoms with Crippen molar-refractivity contribution < 1.29 is 9.59 Å². The van der Waals surface area contributed by atoms with Crippen LogP contribution in [0.3, 0.4) is 0 Å². The minimum absolute atomic E-state index is 0.0841. The Hall–Kier alpha value is -1.32. The molecule has 1 heterocycles. The van der Waals surface area contributed by atoms with Crippen molar-refractivity contribution in [2.24, 2.45) is 39.9 Å². The molecule has 4 aliphatic rings. The van der Waals surface area contributed by atoms with Gasteiger partial charge in [-0.25, -0.2) is 0 Å². The van der Waals surface area contributed by atoms with E-state index in [-0.39, 0.29) is 34.0 Å². The molecule has 1 aliphatic heterocycles. The largest absolute Gasteiger partial charge is 0.355 e. The molecular weight excluding hydrogens is 372 g/mol. The van der Waals surface area contributed by atoms with Crippen molar-refractivity contribution in [3.05, 3.63) is 12.2 Å². The maximum Gasteiger partial charge on any atom is 0.246 e. The zero-order valence-corrected chi connectivity index (χ0v) is 20.0. The van der Waals surface area contributed by atoms with Gasteiger partial charge in [0.05, 0.1) is 0 Å². The minimum Gasteiger partial charge on any atom is -0.355 e. The first-order valence-electron chi connectivity index (χ1n) is 12.3. The highest BCUT2D eigenvalue weighted by Gasteiger charge is 2.61. The van der Waals surface area contributed by atoms with E-state index in [2.05, 4.69) is 57.8 Å². The summed E-state index contributed by atoms with van der Waals surface area (Å²) in [5.74, 6) is 2.59. The fourth-order valence-electron chi connectivity index (χ4n) is 7.88. The first-order chi connectivity index (χ1) is 14.0. The van der Waals surface area contributed by atoms with Crippen LogP contribution >= 0.6 is 0 Å². The van der Waals surface area contributed by atoms with Crippen molar-refractivity contribution in [3.63, 3.8) is 0 Å². The van der Waals surface area contributed by atoms with Crippen LogP contribution in [0.25, 0.3) is 0 Å². The fraction of sp³-hybridized carbons (Fsp3) is 0.846. The zero-order chi connectivity index (χ0) is 21.9. The maximum atomic E-state index is 13.2. The number of nitrogens with zero attached hydrogens (tertiary/aromatic N) is 1. The first-order valence-corrected chi connectivity index (χ1v) is 12.3. The van der Waals surface area contributed by atoms with Gasteiger partial charge < -0.3 is 10.2 Å². The second-order valence-electron chi connectivity index (χ2n) is 12.2. The molecule has 0 unspecified atom stereocenters. The molecule has 3 aliphatic carbocycles. The number of rotatable bonds is 3. The summed E-state index contributed by atoms with van der Waals surface area (Å²) < 4.78 is 0. The summed E-state index contributed by atoms with van der Waals surface area (Å²) in [7, 11) is 0. The molecule has 0 aromatic carbocycles. The van der Waals surface area contributed by atoms with Crippen molar-refractivity contribution in [1.82, 2.24) is 10.2 Å². The molecule has 0 aromatic heterocycles. The van der Waals surface area contributed by atoms with E-state index in [1.807, 2.05) is 6.08 Å². The number of amides is 2. The van der Waals surface area contributed by atoms with Gasteiger partial charge in [-0.1, -0.05) is 40.7 Å². The quantitative estimate of drug-likeness (QED) is 0.721. The normalized spacial score (nSPS) is 43.1. The van der Waals surface area contributed by atoms with E-state index in [0.29, 0.717) is 23.8 Å². The monoisotopic (exact) mass is 414 g/mol. The number of carbonyl (C=O) groups excluding carboxylic acids is 2. The number of likely N-dealkylation sites (N-methyl/N-ethyl adjacent to an activating group) is 1.